The summed E-state index contributed by atoms with van der Waals surface area (Å²) in [5, 5.41) is 4.60. The van der Waals surface area contributed by atoms with Gasteiger partial charge in [-0.2, -0.15) is 0 Å². The third-order valence-electron chi connectivity index (χ3n) is 6.18. The van der Waals surface area contributed by atoms with E-state index >= 15 is 0 Å². The molecule has 4 nitrogen and oxygen atoms in total. The second kappa shape index (κ2) is 6.93. The molecule has 2 aliphatic heterocycles. The van der Waals surface area contributed by atoms with E-state index in [1.54, 1.807) is 0 Å². The zero-order chi connectivity index (χ0) is 18.1. The normalized spacial score (nSPS) is 18.6. The molecular weight excluding hydrogens is 332 g/mol. The van der Waals surface area contributed by atoms with Gasteiger partial charge in [0, 0.05) is 30.1 Å². The van der Waals surface area contributed by atoms with Crippen LogP contribution in [0.3, 0.4) is 0 Å². The standard InChI is InChI=1S/C23H26N4/c1-2-4-18(5-3-1)6-7-19-8-9-21-20(14-19)15-25-22(26-21)27-16-23(17-27)10-12-24-13-11-23/h1-5,8-9,14-15,24H,6-7,10-13,16-17H2. The fourth-order valence-corrected chi connectivity index (χ4v) is 4.49. The Balaban J connectivity index is 1.28. The second-order valence-corrected chi connectivity index (χ2v) is 8.15. The van der Waals surface area contributed by atoms with Gasteiger partial charge in [0.05, 0.1) is 5.52 Å². The number of fused-ring (bicyclic) bond motifs is 1. The molecule has 4 heteroatoms. The Morgan fingerprint density at radius 3 is 2.52 bits per heavy atom. The molecule has 138 valence electrons. The molecule has 1 aromatic heterocycles. The van der Waals surface area contributed by atoms with Crippen molar-refractivity contribution in [1.82, 2.24) is 15.3 Å². The van der Waals surface area contributed by atoms with E-state index in [0.717, 1.165) is 55.9 Å². The molecule has 0 unspecified atom stereocenters. The number of piperidine rings is 1. The Morgan fingerprint density at radius 1 is 0.926 bits per heavy atom. The molecule has 0 saturated carbocycles. The van der Waals surface area contributed by atoms with Crippen LogP contribution in [0.25, 0.3) is 10.9 Å². The number of aromatic nitrogens is 2. The van der Waals surface area contributed by atoms with Crippen LogP contribution in [0.2, 0.25) is 0 Å². The van der Waals surface area contributed by atoms with Gasteiger partial charge < -0.3 is 10.2 Å². The van der Waals surface area contributed by atoms with Crippen LogP contribution in [0.1, 0.15) is 24.0 Å². The number of benzene rings is 2. The summed E-state index contributed by atoms with van der Waals surface area (Å²) in [4.78, 5) is 11.8. The molecule has 1 spiro atoms. The van der Waals surface area contributed by atoms with Gasteiger partial charge in [-0.25, -0.2) is 9.97 Å². The van der Waals surface area contributed by atoms with Crippen LogP contribution in [0.5, 0.6) is 0 Å². The summed E-state index contributed by atoms with van der Waals surface area (Å²) < 4.78 is 0. The molecule has 0 bridgehead atoms. The number of aryl methyl sites for hydroxylation is 2. The van der Waals surface area contributed by atoms with E-state index in [2.05, 4.69) is 63.7 Å². The Labute approximate surface area is 160 Å². The molecular formula is C23H26N4. The lowest BCUT2D eigenvalue weighted by molar-refractivity contribution is 0.148. The van der Waals surface area contributed by atoms with Crippen LogP contribution >= 0.6 is 0 Å². The second-order valence-electron chi connectivity index (χ2n) is 8.15. The third-order valence-corrected chi connectivity index (χ3v) is 6.18. The summed E-state index contributed by atoms with van der Waals surface area (Å²) in [7, 11) is 0. The first kappa shape index (κ1) is 16.7. The Morgan fingerprint density at radius 2 is 1.70 bits per heavy atom. The van der Waals surface area contributed by atoms with Gasteiger partial charge in [0.1, 0.15) is 0 Å². The molecule has 2 aromatic carbocycles. The van der Waals surface area contributed by atoms with Crippen LogP contribution in [-0.2, 0) is 12.8 Å². The van der Waals surface area contributed by atoms with Crippen molar-refractivity contribution in [3.63, 3.8) is 0 Å². The topological polar surface area (TPSA) is 41.1 Å². The average Bonchev–Trinajstić information content (AvgIpc) is 2.71. The Bertz CT molecular complexity index is 924. The van der Waals surface area contributed by atoms with Gasteiger partial charge in [0.15, 0.2) is 0 Å². The zero-order valence-corrected chi connectivity index (χ0v) is 15.7. The summed E-state index contributed by atoms with van der Waals surface area (Å²) in [6.07, 6.45) is 6.67. The summed E-state index contributed by atoms with van der Waals surface area (Å²) in [6.45, 7) is 4.51. The number of nitrogens with one attached hydrogen (secondary N) is 1. The fraction of sp³-hybridized carbons (Fsp3) is 0.391. The molecule has 3 heterocycles. The van der Waals surface area contributed by atoms with E-state index in [-0.39, 0.29) is 0 Å². The van der Waals surface area contributed by atoms with Crippen LogP contribution in [0, 0.1) is 5.41 Å². The van der Waals surface area contributed by atoms with E-state index in [0.29, 0.717) is 5.41 Å². The van der Waals surface area contributed by atoms with Crippen molar-refractivity contribution in [1.29, 1.82) is 0 Å². The third kappa shape index (κ3) is 3.42. The van der Waals surface area contributed by atoms with Crippen molar-refractivity contribution in [3.8, 4) is 0 Å². The number of anilines is 1. The highest BCUT2D eigenvalue weighted by atomic mass is 15.3. The number of rotatable bonds is 4. The van der Waals surface area contributed by atoms with Gasteiger partial charge in [0.2, 0.25) is 5.95 Å². The highest BCUT2D eigenvalue weighted by Gasteiger charge is 2.44. The molecule has 0 atom stereocenters. The summed E-state index contributed by atoms with van der Waals surface area (Å²) in [5.74, 6) is 0.892. The van der Waals surface area contributed by atoms with Crippen molar-refractivity contribution in [2.45, 2.75) is 25.7 Å². The number of hydrogen-bond acceptors (Lipinski definition) is 4. The van der Waals surface area contributed by atoms with Crippen molar-refractivity contribution in [2.24, 2.45) is 5.41 Å². The first-order valence-electron chi connectivity index (χ1n) is 10.1. The lowest BCUT2D eigenvalue weighted by atomic mass is 9.72. The summed E-state index contributed by atoms with van der Waals surface area (Å²) in [6, 6.07) is 17.3. The number of nitrogens with zero attached hydrogens (tertiary/aromatic N) is 3. The van der Waals surface area contributed by atoms with Gasteiger partial charge in [0.25, 0.3) is 0 Å². The minimum Gasteiger partial charge on any atom is -0.340 e. The molecule has 27 heavy (non-hydrogen) atoms. The molecule has 0 aliphatic carbocycles. The largest absolute Gasteiger partial charge is 0.340 e. The maximum Gasteiger partial charge on any atom is 0.225 e. The molecule has 0 radical (unpaired) electrons. The maximum absolute atomic E-state index is 4.83. The van der Waals surface area contributed by atoms with E-state index in [1.165, 1.54) is 24.0 Å². The first-order valence-corrected chi connectivity index (χ1v) is 10.1. The predicted molar refractivity (Wildman–Crippen MR) is 110 cm³/mol. The first-order chi connectivity index (χ1) is 13.3. The predicted octanol–water partition coefficient (Wildman–Crippen LogP) is 3.60. The van der Waals surface area contributed by atoms with Gasteiger partial charge in [-0.15, -0.1) is 0 Å². The van der Waals surface area contributed by atoms with Gasteiger partial charge in [-0.3, -0.25) is 0 Å². The highest BCUT2D eigenvalue weighted by molar-refractivity contribution is 5.79. The molecule has 2 aliphatic rings. The summed E-state index contributed by atoms with van der Waals surface area (Å²) >= 11 is 0. The average molecular weight is 358 g/mol. The lowest BCUT2D eigenvalue weighted by Gasteiger charge is -2.52. The Hall–Kier alpha value is -2.46. The van der Waals surface area contributed by atoms with E-state index in [4.69, 9.17) is 4.98 Å². The minimum absolute atomic E-state index is 0.505. The maximum atomic E-state index is 4.83. The fourth-order valence-electron chi connectivity index (χ4n) is 4.49. The van der Waals surface area contributed by atoms with Crippen LogP contribution in [-0.4, -0.2) is 36.1 Å². The SMILES string of the molecule is c1ccc(CCc2ccc3nc(N4CC5(CCNCC5)C4)ncc3c2)cc1. The van der Waals surface area contributed by atoms with Crippen molar-refractivity contribution < 1.29 is 0 Å². The molecule has 5 rings (SSSR count). The number of hydrogen-bond donors (Lipinski definition) is 1. The lowest BCUT2D eigenvalue weighted by Crippen LogP contribution is -2.60. The quantitative estimate of drug-likeness (QED) is 0.774. The van der Waals surface area contributed by atoms with Gasteiger partial charge in [-0.1, -0.05) is 36.4 Å². The van der Waals surface area contributed by atoms with E-state index in [1.807, 2.05) is 6.20 Å². The van der Waals surface area contributed by atoms with Crippen molar-refractivity contribution >= 4 is 16.9 Å². The van der Waals surface area contributed by atoms with Gasteiger partial charge >= 0.3 is 0 Å². The van der Waals surface area contributed by atoms with Crippen molar-refractivity contribution in [2.75, 3.05) is 31.1 Å². The minimum atomic E-state index is 0.505. The van der Waals surface area contributed by atoms with Gasteiger partial charge in [-0.05, 0) is 62.0 Å². The van der Waals surface area contributed by atoms with Crippen LogP contribution in [0.4, 0.5) is 5.95 Å². The Kier molecular flexibility index (Phi) is 4.29. The van der Waals surface area contributed by atoms with Crippen LogP contribution < -0.4 is 10.2 Å². The van der Waals surface area contributed by atoms with Crippen molar-refractivity contribution in [3.05, 3.63) is 65.9 Å². The molecule has 3 aromatic rings. The molecule has 0 amide bonds. The molecule has 2 saturated heterocycles. The highest BCUT2D eigenvalue weighted by Crippen LogP contribution is 2.40. The van der Waals surface area contributed by atoms with E-state index in [9.17, 15) is 0 Å². The molecule has 1 N–H and O–H groups in total. The summed E-state index contributed by atoms with van der Waals surface area (Å²) in [5.41, 5.74) is 4.29. The zero-order valence-electron chi connectivity index (χ0n) is 15.7. The monoisotopic (exact) mass is 358 g/mol. The van der Waals surface area contributed by atoms with Crippen LogP contribution in [0.15, 0.2) is 54.7 Å². The van der Waals surface area contributed by atoms with E-state index < -0.39 is 0 Å². The molecule has 2 fully saturated rings. The smallest absolute Gasteiger partial charge is 0.225 e.